The molecule has 0 saturated heterocycles. The van der Waals surface area contributed by atoms with E-state index < -0.39 is 29.0 Å². The zero-order chi connectivity index (χ0) is 13.8. The van der Waals surface area contributed by atoms with Crippen LogP contribution in [0.4, 0.5) is 18.9 Å². The van der Waals surface area contributed by atoms with E-state index in [0.717, 1.165) is 18.2 Å². The average molecular weight is 267 g/mol. The number of benzene rings is 1. The van der Waals surface area contributed by atoms with Crippen molar-refractivity contribution in [1.29, 1.82) is 0 Å². The third-order valence-electron chi connectivity index (χ3n) is 2.24. The minimum Gasteiger partial charge on any atom is -0.465 e. The third kappa shape index (κ3) is 3.04. The Labute approximate surface area is 106 Å². The number of carbonyl (C=O) groups is 1. The molecule has 0 aliphatic carbocycles. The largest absolute Gasteiger partial charge is 0.465 e. The Morgan fingerprint density at radius 1 is 1.16 bits per heavy atom. The lowest BCUT2D eigenvalue weighted by atomic mass is 10.2. The fraction of sp³-hybridized carbons (Fsp3) is 0. The predicted octanol–water partition coefficient (Wildman–Crippen LogP) is 3.35. The summed E-state index contributed by atoms with van der Waals surface area (Å²) in [5.41, 5.74) is -0.437. The zero-order valence-electron chi connectivity index (χ0n) is 9.49. The molecule has 0 aliphatic heterocycles. The molecule has 1 heterocycles. The molecule has 0 atom stereocenters. The monoisotopic (exact) mass is 267 g/mol. The number of hydrogen-bond donors (Lipinski definition) is 1. The first kappa shape index (κ1) is 12.9. The molecule has 6 heteroatoms. The van der Waals surface area contributed by atoms with Gasteiger partial charge in [-0.2, -0.15) is 0 Å². The second-order valence-corrected chi connectivity index (χ2v) is 3.56. The number of furan rings is 1. The Morgan fingerprint density at radius 2 is 1.95 bits per heavy atom. The molecule has 0 unspecified atom stereocenters. The van der Waals surface area contributed by atoms with E-state index in [1.54, 1.807) is 12.1 Å². The second kappa shape index (κ2) is 5.43. The summed E-state index contributed by atoms with van der Waals surface area (Å²) in [6.45, 7) is 0. The number of anilines is 1. The van der Waals surface area contributed by atoms with Crippen molar-refractivity contribution in [3.8, 4) is 0 Å². The number of hydrogen-bond acceptors (Lipinski definition) is 2. The molecule has 0 radical (unpaired) electrons. The third-order valence-corrected chi connectivity index (χ3v) is 2.24. The zero-order valence-corrected chi connectivity index (χ0v) is 9.49. The van der Waals surface area contributed by atoms with Crippen LogP contribution in [0.5, 0.6) is 0 Å². The molecule has 1 N–H and O–H groups in total. The van der Waals surface area contributed by atoms with E-state index in [4.69, 9.17) is 4.42 Å². The van der Waals surface area contributed by atoms with Crippen LogP contribution >= 0.6 is 0 Å². The van der Waals surface area contributed by atoms with Crippen molar-refractivity contribution in [2.24, 2.45) is 0 Å². The number of carbonyl (C=O) groups excluding carboxylic acids is 1. The fourth-order valence-electron chi connectivity index (χ4n) is 1.34. The summed E-state index contributed by atoms with van der Waals surface area (Å²) >= 11 is 0. The van der Waals surface area contributed by atoms with Gasteiger partial charge in [-0.1, -0.05) is 0 Å². The molecular weight excluding hydrogens is 259 g/mol. The quantitative estimate of drug-likeness (QED) is 0.684. The van der Waals surface area contributed by atoms with Crippen LogP contribution in [-0.4, -0.2) is 5.91 Å². The van der Waals surface area contributed by atoms with E-state index in [1.165, 1.54) is 12.3 Å². The topological polar surface area (TPSA) is 42.2 Å². The lowest BCUT2D eigenvalue weighted by molar-refractivity contribution is -0.111. The smallest absolute Gasteiger partial charge is 0.248 e. The average Bonchev–Trinajstić information content (AvgIpc) is 2.90. The summed E-state index contributed by atoms with van der Waals surface area (Å²) in [7, 11) is 0. The first-order valence-electron chi connectivity index (χ1n) is 5.24. The summed E-state index contributed by atoms with van der Waals surface area (Å²) in [5, 5.41) is 2.09. The summed E-state index contributed by atoms with van der Waals surface area (Å²) in [5.74, 6) is -4.66. The van der Waals surface area contributed by atoms with Gasteiger partial charge in [-0.25, -0.2) is 13.2 Å². The summed E-state index contributed by atoms with van der Waals surface area (Å²) in [4.78, 5) is 11.4. The van der Waals surface area contributed by atoms with E-state index in [-0.39, 0.29) is 0 Å². The fourth-order valence-corrected chi connectivity index (χ4v) is 1.34. The second-order valence-electron chi connectivity index (χ2n) is 3.56. The molecule has 0 spiro atoms. The lowest BCUT2D eigenvalue weighted by Gasteiger charge is -2.04. The number of amides is 1. The van der Waals surface area contributed by atoms with E-state index in [9.17, 15) is 18.0 Å². The highest BCUT2D eigenvalue weighted by Gasteiger charge is 2.14. The van der Waals surface area contributed by atoms with Crippen molar-refractivity contribution >= 4 is 17.7 Å². The number of nitrogens with one attached hydrogen (secondary N) is 1. The molecule has 2 aromatic rings. The van der Waals surface area contributed by atoms with Gasteiger partial charge in [0.2, 0.25) is 5.91 Å². The van der Waals surface area contributed by atoms with Crippen LogP contribution in [0.15, 0.2) is 41.0 Å². The first-order valence-corrected chi connectivity index (χ1v) is 5.24. The van der Waals surface area contributed by atoms with Gasteiger partial charge in [-0.3, -0.25) is 4.79 Å². The minimum atomic E-state index is -1.63. The van der Waals surface area contributed by atoms with Crippen LogP contribution in [0, 0.1) is 17.5 Å². The molecular formula is C13H8F3NO2. The standard InChI is InChI=1S/C13H8F3NO2/c14-9-4-5-10(13(16)12(9)15)17-11(18)6-3-8-2-1-7-19-8/h1-7H,(H,17,18)/b6-3+. The van der Waals surface area contributed by atoms with Gasteiger partial charge in [0.15, 0.2) is 17.5 Å². The lowest BCUT2D eigenvalue weighted by Crippen LogP contribution is -2.10. The molecule has 1 aromatic heterocycles. The molecule has 0 aliphatic rings. The summed E-state index contributed by atoms with van der Waals surface area (Å²) in [6.07, 6.45) is 3.86. The maximum atomic E-state index is 13.3. The molecule has 0 saturated carbocycles. The van der Waals surface area contributed by atoms with Gasteiger partial charge in [-0.15, -0.1) is 0 Å². The van der Waals surface area contributed by atoms with E-state index in [0.29, 0.717) is 5.76 Å². The van der Waals surface area contributed by atoms with Crippen LogP contribution in [0.1, 0.15) is 5.76 Å². The van der Waals surface area contributed by atoms with E-state index in [2.05, 4.69) is 5.32 Å². The van der Waals surface area contributed by atoms with E-state index >= 15 is 0 Å². The van der Waals surface area contributed by atoms with Gasteiger partial charge in [0, 0.05) is 6.08 Å². The number of rotatable bonds is 3. The van der Waals surface area contributed by atoms with Crippen molar-refractivity contribution in [2.45, 2.75) is 0 Å². The molecule has 3 nitrogen and oxygen atoms in total. The molecule has 19 heavy (non-hydrogen) atoms. The maximum absolute atomic E-state index is 13.3. The van der Waals surface area contributed by atoms with Crippen LogP contribution in [0.2, 0.25) is 0 Å². The Bertz CT molecular complexity index is 621. The molecule has 98 valence electrons. The SMILES string of the molecule is O=C(/C=C/c1ccco1)Nc1ccc(F)c(F)c1F. The Balaban J connectivity index is 2.09. The summed E-state index contributed by atoms with van der Waals surface area (Å²) in [6, 6.07) is 4.91. The van der Waals surface area contributed by atoms with Crippen LogP contribution < -0.4 is 5.32 Å². The van der Waals surface area contributed by atoms with Crippen molar-refractivity contribution < 1.29 is 22.4 Å². The molecule has 0 bridgehead atoms. The molecule has 0 fully saturated rings. The van der Waals surface area contributed by atoms with Crippen LogP contribution in [0.25, 0.3) is 6.08 Å². The summed E-state index contributed by atoms with van der Waals surface area (Å²) < 4.78 is 43.8. The first-order chi connectivity index (χ1) is 9.08. The predicted molar refractivity (Wildman–Crippen MR) is 62.7 cm³/mol. The maximum Gasteiger partial charge on any atom is 0.248 e. The highest BCUT2D eigenvalue weighted by molar-refractivity contribution is 6.01. The van der Waals surface area contributed by atoms with Crippen LogP contribution in [0.3, 0.4) is 0 Å². The minimum absolute atomic E-state index is 0.431. The Hall–Kier alpha value is -2.50. The Morgan fingerprint density at radius 3 is 2.63 bits per heavy atom. The van der Waals surface area contributed by atoms with Gasteiger partial charge in [0.25, 0.3) is 0 Å². The molecule has 2 rings (SSSR count). The van der Waals surface area contributed by atoms with Crippen molar-refractivity contribution in [2.75, 3.05) is 5.32 Å². The molecule has 1 amide bonds. The van der Waals surface area contributed by atoms with Crippen molar-refractivity contribution in [3.05, 3.63) is 59.8 Å². The van der Waals surface area contributed by atoms with Crippen LogP contribution in [-0.2, 0) is 4.79 Å². The normalized spacial score (nSPS) is 10.9. The van der Waals surface area contributed by atoms with E-state index in [1.807, 2.05) is 0 Å². The van der Waals surface area contributed by atoms with Gasteiger partial charge < -0.3 is 9.73 Å². The van der Waals surface area contributed by atoms with Crippen molar-refractivity contribution in [3.63, 3.8) is 0 Å². The highest BCUT2D eigenvalue weighted by atomic mass is 19.2. The molecule has 1 aromatic carbocycles. The highest BCUT2D eigenvalue weighted by Crippen LogP contribution is 2.19. The number of halogens is 3. The van der Waals surface area contributed by atoms with Gasteiger partial charge in [0.05, 0.1) is 12.0 Å². The van der Waals surface area contributed by atoms with Crippen molar-refractivity contribution in [1.82, 2.24) is 0 Å². The van der Waals surface area contributed by atoms with Gasteiger partial charge >= 0.3 is 0 Å². The van der Waals surface area contributed by atoms with Gasteiger partial charge in [0.1, 0.15) is 5.76 Å². The Kier molecular flexibility index (Phi) is 3.70. The van der Waals surface area contributed by atoms with Gasteiger partial charge in [-0.05, 0) is 30.3 Å².